The SMILES string of the molecule is CC(=O)c1c[nH]c(C(=O)NC(C)c2ccc(C#N)cc2)c1. The van der Waals surface area contributed by atoms with Gasteiger partial charge < -0.3 is 10.3 Å². The Balaban J connectivity index is 2.07. The molecule has 5 nitrogen and oxygen atoms in total. The van der Waals surface area contributed by atoms with E-state index in [1.807, 2.05) is 13.0 Å². The Hall–Kier alpha value is -2.87. The van der Waals surface area contributed by atoms with Gasteiger partial charge in [-0.15, -0.1) is 0 Å². The molecule has 1 aromatic heterocycles. The summed E-state index contributed by atoms with van der Waals surface area (Å²) in [5, 5.41) is 11.6. The molecule has 0 radical (unpaired) electrons. The molecule has 0 aliphatic carbocycles. The Morgan fingerprint density at radius 3 is 2.48 bits per heavy atom. The second-order valence-corrected chi connectivity index (χ2v) is 4.79. The number of hydrogen-bond donors (Lipinski definition) is 2. The maximum atomic E-state index is 12.1. The molecule has 0 fully saturated rings. The van der Waals surface area contributed by atoms with E-state index in [0.29, 0.717) is 16.8 Å². The minimum Gasteiger partial charge on any atom is -0.356 e. The van der Waals surface area contributed by atoms with Crippen LogP contribution < -0.4 is 5.32 Å². The Bertz CT molecular complexity index is 708. The summed E-state index contributed by atoms with van der Waals surface area (Å²) in [6, 6.07) is 10.4. The van der Waals surface area contributed by atoms with E-state index in [4.69, 9.17) is 5.26 Å². The molecule has 21 heavy (non-hydrogen) atoms. The molecule has 0 spiro atoms. The van der Waals surface area contributed by atoms with Crippen molar-refractivity contribution in [2.45, 2.75) is 19.9 Å². The van der Waals surface area contributed by atoms with Gasteiger partial charge in [-0.05, 0) is 37.6 Å². The summed E-state index contributed by atoms with van der Waals surface area (Å²) >= 11 is 0. The minimum absolute atomic E-state index is 0.0922. The van der Waals surface area contributed by atoms with Crippen LogP contribution in [0.4, 0.5) is 0 Å². The molecule has 1 atom stereocenters. The summed E-state index contributed by atoms with van der Waals surface area (Å²) in [6.07, 6.45) is 1.52. The Kier molecular flexibility index (Phi) is 4.19. The Morgan fingerprint density at radius 1 is 1.29 bits per heavy atom. The van der Waals surface area contributed by atoms with Gasteiger partial charge in [0.15, 0.2) is 5.78 Å². The zero-order chi connectivity index (χ0) is 15.4. The van der Waals surface area contributed by atoms with Crippen molar-refractivity contribution >= 4 is 11.7 Å². The average molecular weight is 281 g/mol. The number of nitrogens with one attached hydrogen (secondary N) is 2. The number of nitriles is 1. The highest BCUT2D eigenvalue weighted by atomic mass is 16.2. The van der Waals surface area contributed by atoms with Gasteiger partial charge in [0.05, 0.1) is 17.7 Å². The second kappa shape index (κ2) is 6.06. The van der Waals surface area contributed by atoms with Crippen molar-refractivity contribution in [2.24, 2.45) is 0 Å². The highest BCUT2D eigenvalue weighted by molar-refractivity contribution is 5.99. The summed E-state index contributed by atoms with van der Waals surface area (Å²) in [7, 11) is 0. The van der Waals surface area contributed by atoms with E-state index < -0.39 is 0 Å². The van der Waals surface area contributed by atoms with E-state index in [9.17, 15) is 9.59 Å². The quantitative estimate of drug-likeness (QED) is 0.844. The number of aromatic nitrogens is 1. The van der Waals surface area contributed by atoms with Crippen LogP contribution in [0, 0.1) is 11.3 Å². The summed E-state index contributed by atoms with van der Waals surface area (Å²) in [4.78, 5) is 26.1. The smallest absolute Gasteiger partial charge is 0.268 e. The summed E-state index contributed by atoms with van der Waals surface area (Å²) < 4.78 is 0. The highest BCUT2D eigenvalue weighted by Gasteiger charge is 2.14. The molecule has 0 aliphatic heterocycles. The molecule has 106 valence electrons. The molecule has 0 saturated heterocycles. The standard InChI is InChI=1S/C16H15N3O2/c1-10(13-5-3-12(8-17)4-6-13)19-16(21)15-7-14(9-18-15)11(2)20/h3-7,9-10,18H,1-2H3,(H,19,21). The van der Waals surface area contributed by atoms with Crippen LogP contribution in [0.3, 0.4) is 0 Å². The normalized spacial score (nSPS) is 11.5. The van der Waals surface area contributed by atoms with Crippen LogP contribution in [0.15, 0.2) is 36.5 Å². The number of benzene rings is 1. The van der Waals surface area contributed by atoms with Crippen LogP contribution in [0.25, 0.3) is 0 Å². The van der Waals surface area contributed by atoms with Crippen LogP contribution in [0.1, 0.15) is 51.9 Å². The van der Waals surface area contributed by atoms with Gasteiger partial charge in [-0.2, -0.15) is 5.26 Å². The molecule has 1 amide bonds. The van der Waals surface area contributed by atoms with Crippen molar-refractivity contribution in [3.05, 3.63) is 58.9 Å². The molecule has 1 aromatic carbocycles. The summed E-state index contributed by atoms with van der Waals surface area (Å²) in [5.41, 5.74) is 2.31. The van der Waals surface area contributed by atoms with Crippen LogP contribution in [-0.4, -0.2) is 16.7 Å². The molecule has 2 aromatic rings. The van der Waals surface area contributed by atoms with Crippen molar-refractivity contribution in [3.63, 3.8) is 0 Å². The number of rotatable bonds is 4. The number of ketones is 1. The number of carbonyl (C=O) groups is 2. The van der Waals surface area contributed by atoms with Gasteiger partial charge in [0.2, 0.25) is 0 Å². The van der Waals surface area contributed by atoms with E-state index in [1.165, 1.54) is 19.2 Å². The van der Waals surface area contributed by atoms with E-state index in [1.54, 1.807) is 24.3 Å². The lowest BCUT2D eigenvalue weighted by Crippen LogP contribution is -2.26. The van der Waals surface area contributed by atoms with E-state index in [0.717, 1.165) is 5.56 Å². The zero-order valence-electron chi connectivity index (χ0n) is 11.8. The fourth-order valence-electron chi connectivity index (χ4n) is 1.93. The number of Topliss-reactive ketones (excluding diaryl/α,β-unsaturated/α-hetero) is 1. The van der Waals surface area contributed by atoms with Crippen molar-refractivity contribution in [3.8, 4) is 6.07 Å². The molecular formula is C16H15N3O2. The second-order valence-electron chi connectivity index (χ2n) is 4.79. The maximum absolute atomic E-state index is 12.1. The lowest BCUT2D eigenvalue weighted by atomic mass is 10.1. The number of H-pyrrole nitrogens is 1. The third-order valence-corrected chi connectivity index (χ3v) is 3.22. The molecular weight excluding hydrogens is 266 g/mol. The minimum atomic E-state index is -0.278. The van der Waals surface area contributed by atoms with Crippen LogP contribution >= 0.6 is 0 Å². The number of hydrogen-bond acceptors (Lipinski definition) is 3. The number of amides is 1. The topological polar surface area (TPSA) is 85.8 Å². The largest absolute Gasteiger partial charge is 0.356 e. The average Bonchev–Trinajstić information content (AvgIpc) is 2.97. The molecule has 0 aliphatic rings. The zero-order valence-corrected chi connectivity index (χ0v) is 11.8. The number of nitrogens with zero attached hydrogens (tertiary/aromatic N) is 1. The first kappa shape index (κ1) is 14.5. The fourth-order valence-corrected chi connectivity index (χ4v) is 1.93. The molecule has 1 unspecified atom stereocenters. The van der Waals surface area contributed by atoms with Crippen LogP contribution in [0.5, 0.6) is 0 Å². The Labute approximate surface area is 122 Å². The van der Waals surface area contributed by atoms with Gasteiger partial charge in [-0.25, -0.2) is 0 Å². The summed E-state index contributed by atoms with van der Waals surface area (Å²) in [6.45, 7) is 3.30. The first-order chi connectivity index (χ1) is 10.0. The first-order valence-corrected chi connectivity index (χ1v) is 6.51. The third-order valence-electron chi connectivity index (χ3n) is 3.22. The van der Waals surface area contributed by atoms with Gasteiger partial charge in [-0.1, -0.05) is 12.1 Å². The van der Waals surface area contributed by atoms with Gasteiger partial charge in [0.25, 0.3) is 5.91 Å². The van der Waals surface area contributed by atoms with E-state index >= 15 is 0 Å². The molecule has 1 heterocycles. The predicted molar refractivity (Wildman–Crippen MR) is 77.8 cm³/mol. The summed E-state index contributed by atoms with van der Waals surface area (Å²) in [5.74, 6) is -0.371. The van der Waals surface area contributed by atoms with E-state index in [-0.39, 0.29) is 17.7 Å². The molecule has 2 N–H and O–H groups in total. The fraction of sp³-hybridized carbons (Fsp3) is 0.188. The van der Waals surface area contributed by atoms with Crippen LogP contribution in [0.2, 0.25) is 0 Å². The van der Waals surface area contributed by atoms with E-state index in [2.05, 4.69) is 10.3 Å². The lowest BCUT2D eigenvalue weighted by Gasteiger charge is -2.13. The van der Waals surface area contributed by atoms with Crippen molar-refractivity contribution in [2.75, 3.05) is 0 Å². The maximum Gasteiger partial charge on any atom is 0.268 e. The van der Waals surface area contributed by atoms with Crippen LogP contribution in [-0.2, 0) is 0 Å². The predicted octanol–water partition coefficient (Wildman–Crippen LogP) is 2.58. The van der Waals surface area contributed by atoms with Gasteiger partial charge in [-0.3, -0.25) is 9.59 Å². The monoisotopic (exact) mass is 281 g/mol. The van der Waals surface area contributed by atoms with Gasteiger partial charge in [0, 0.05) is 11.8 Å². The molecule has 2 rings (SSSR count). The molecule has 5 heteroatoms. The number of aromatic amines is 1. The molecule has 0 saturated carbocycles. The van der Waals surface area contributed by atoms with Crippen molar-refractivity contribution < 1.29 is 9.59 Å². The first-order valence-electron chi connectivity index (χ1n) is 6.51. The van der Waals surface area contributed by atoms with Crippen molar-refractivity contribution in [1.82, 2.24) is 10.3 Å². The van der Waals surface area contributed by atoms with Gasteiger partial charge >= 0.3 is 0 Å². The van der Waals surface area contributed by atoms with Gasteiger partial charge in [0.1, 0.15) is 5.69 Å². The third kappa shape index (κ3) is 3.37. The highest BCUT2D eigenvalue weighted by Crippen LogP contribution is 2.14. The Morgan fingerprint density at radius 2 is 1.95 bits per heavy atom. The van der Waals surface area contributed by atoms with Crippen molar-refractivity contribution in [1.29, 1.82) is 5.26 Å². The lowest BCUT2D eigenvalue weighted by molar-refractivity contribution is 0.0935. The molecule has 0 bridgehead atoms. The number of carbonyl (C=O) groups excluding carboxylic acids is 2.